The third-order valence-corrected chi connectivity index (χ3v) is 21.8. The Morgan fingerprint density at radius 3 is 1.10 bits per heavy atom. The van der Waals surface area contributed by atoms with Crippen LogP contribution in [0.3, 0.4) is 0 Å². The normalized spacial score (nSPS) is 11.0. The van der Waals surface area contributed by atoms with Gasteiger partial charge in [0.2, 0.25) is 0 Å². The molecule has 740 valence electrons. The Labute approximate surface area is 832 Å². The van der Waals surface area contributed by atoms with Crippen molar-refractivity contribution < 1.29 is 89.4 Å². The molecule has 0 bridgehead atoms. The molecule has 27 nitrogen and oxygen atoms in total. The van der Waals surface area contributed by atoms with Crippen molar-refractivity contribution in [3.63, 3.8) is 0 Å². The number of sulfone groups is 1. The first-order chi connectivity index (χ1) is 68.0. The van der Waals surface area contributed by atoms with Crippen LogP contribution in [0.1, 0.15) is 222 Å². The first-order valence-corrected chi connectivity index (χ1v) is 48.6. The van der Waals surface area contributed by atoms with Gasteiger partial charge in [0.15, 0.2) is 9.84 Å². The number of esters is 8. The van der Waals surface area contributed by atoms with Gasteiger partial charge in [-0.2, -0.15) is 0 Å². The quantitative estimate of drug-likeness (QED) is 0.0437. The number of benzene rings is 9. The maximum Gasteiger partial charge on any atom is 0.340 e. The average molecular weight is 1950 g/mol. The molecule has 17 rings (SSSR count). The molecule has 0 N–H and O–H groups in total. The molecule has 143 heavy (non-hydrogen) atoms. The van der Waals surface area contributed by atoms with E-state index < -0.39 is 15.8 Å². The SMILES string of the molecule is CC(C)OC(=O)c1cc2ccccc2c2cccnc12.CC(C)OC(=O)c1ccc2cccnc2c1S(C)(=O)=O.CC(C)OC(=O)c1cccc2cccnc12.COc1ccc(C(=O)OC(C)C)c2ncccc12.Cc1cc(C)c2ccc(C(=O)OC(C)C)cc2n1.Cc1ccc2ccc(C(=O)OC(C)C)cc2n1.Cc1ccc2ccc(C(=O)OC(C)C)cc2n1.Cc1ccc2cccnc2c1C(=O)OC(C)C. The van der Waals surface area contributed by atoms with Gasteiger partial charge in [-0.15, -0.1) is 0 Å². The van der Waals surface area contributed by atoms with Crippen molar-refractivity contribution in [3.05, 3.63) is 334 Å². The molecule has 9 aromatic carbocycles. The molecule has 0 atom stereocenters. The smallest absolute Gasteiger partial charge is 0.340 e. The van der Waals surface area contributed by atoms with Crippen LogP contribution in [0.25, 0.3) is 98.0 Å². The zero-order valence-electron chi connectivity index (χ0n) is 84.7. The standard InChI is InChI=1S/C17H15NO2.C15H17NO2.C14H15NO4S.C14H15NO3.3C14H15NO2.C13H13NO2/c1-11(2)20-17(19)15-10-12-6-3-4-7-13(12)14-8-5-9-18-16(14)15;1-9(2)18-15(17)12-5-6-13-10(3)7-11(4)16-14(13)8-12;1-9(2)19-14(16)11-7-6-10-5-4-8-15-12(10)13(11)20(3,17)18;1-9(2)18-14(16)11-6-7-12(17-3)10-5-4-8-15-13(10)11;2*1-9(2)17-14(16)12-7-6-11-5-4-10(3)15-13(11)8-12;1-9(2)17-14(16)12-10(3)6-7-11-5-4-8-15-13(11)12;1-9(2)16-13(15)11-7-3-5-10-6-4-8-14-12(10)11/h3-11H,1-2H3;5-9H,1-4H3;4-9H,1-3H3;4-9H,1-3H3;3*4-9H,1-3H3;3-9H,1-2H3. The summed E-state index contributed by atoms with van der Waals surface area (Å²) in [5.74, 6) is -2.18. The van der Waals surface area contributed by atoms with Crippen molar-refractivity contribution in [3.8, 4) is 5.75 Å². The van der Waals surface area contributed by atoms with Crippen LogP contribution in [0.5, 0.6) is 5.75 Å². The summed E-state index contributed by atoms with van der Waals surface area (Å²) < 4.78 is 70.8. The Balaban J connectivity index is 0.000000168. The molecule has 8 heterocycles. The van der Waals surface area contributed by atoms with E-state index in [0.29, 0.717) is 72.1 Å². The van der Waals surface area contributed by atoms with Gasteiger partial charge in [-0.05, 0) is 289 Å². The van der Waals surface area contributed by atoms with E-state index in [1.165, 1.54) is 17.8 Å². The summed E-state index contributed by atoms with van der Waals surface area (Å²) in [6.45, 7) is 38.8. The number of aromatic nitrogens is 8. The highest BCUT2D eigenvalue weighted by atomic mass is 32.2. The summed E-state index contributed by atoms with van der Waals surface area (Å²) in [5.41, 5.74) is 14.1. The Bertz CT molecular complexity index is 7500. The lowest BCUT2D eigenvalue weighted by molar-refractivity contribution is 0.0363. The van der Waals surface area contributed by atoms with Crippen molar-refractivity contribution >= 4 is 156 Å². The second kappa shape index (κ2) is 50.8. The van der Waals surface area contributed by atoms with Crippen molar-refractivity contribution in [1.82, 2.24) is 39.9 Å². The molecule has 0 spiro atoms. The number of fused-ring (bicyclic) bond motifs is 10. The molecule has 0 aliphatic rings. The molecule has 0 saturated carbocycles. The van der Waals surface area contributed by atoms with Gasteiger partial charge in [-0.1, -0.05) is 109 Å². The largest absolute Gasteiger partial charge is 0.496 e. The van der Waals surface area contributed by atoms with E-state index in [2.05, 4.69) is 39.9 Å². The summed E-state index contributed by atoms with van der Waals surface area (Å²) in [5, 5.41) is 9.57. The number of carbonyl (C=O) groups is 8. The van der Waals surface area contributed by atoms with E-state index in [0.717, 1.165) is 93.9 Å². The summed E-state index contributed by atoms with van der Waals surface area (Å²) in [6, 6.07) is 70.6. The molecule has 0 aliphatic carbocycles. The number of carbonyl (C=O) groups excluding carboxylic acids is 8. The van der Waals surface area contributed by atoms with Gasteiger partial charge >= 0.3 is 47.8 Å². The summed E-state index contributed by atoms with van der Waals surface area (Å²) in [4.78, 5) is 130. The number of rotatable bonds is 18. The number of para-hydroxylation sites is 1. The van der Waals surface area contributed by atoms with E-state index in [1.807, 2.05) is 283 Å². The van der Waals surface area contributed by atoms with Gasteiger partial charge in [0, 0.05) is 97.4 Å². The monoisotopic (exact) mass is 1950 g/mol. The number of methoxy groups -OCH3 is 1. The lowest BCUT2D eigenvalue weighted by Crippen LogP contribution is -2.16. The van der Waals surface area contributed by atoms with Crippen LogP contribution in [-0.2, 0) is 47.7 Å². The number of ether oxygens (including phenoxy) is 9. The second-order valence-electron chi connectivity index (χ2n) is 35.4. The molecule has 8 aromatic heterocycles. The molecule has 0 saturated heterocycles. The average Bonchev–Trinajstić information content (AvgIpc) is 0.769. The molecule has 0 unspecified atom stereocenters. The zero-order chi connectivity index (χ0) is 104. The van der Waals surface area contributed by atoms with Gasteiger partial charge in [0.25, 0.3) is 0 Å². The summed E-state index contributed by atoms with van der Waals surface area (Å²) in [7, 11) is -2.01. The highest BCUT2D eigenvalue weighted by molar-refractivity contribution is 7.91. The second-order valence-corrected chi connectivity index (χ2v) is 37.4. The van der Waals surface area contributed by atoms with Crippen molar-refractivity contribution in [2.75, 3.05) is 13.4 Å². The van der Waals surface area contributed by atoms with E-state index >= 15 is 0 Å². The summed E-state index contributed by atoms with van der Waals surface area (Å²) >= 11 is 0. The molecule has 0 amide bonds. The predicted octanol–water partition coefficient (Wildman–Crippen LogP) is 24.5. The highest BCUT2D eigenvalue weighted by Gasteiger charge is 2.27. The fraction of sp³-hybridized carbons (Fsp3) is 0.270. The Hall–Kier alpha value is -16.0. The van der Waals surface area contributed by atoms with Crippen LogP contribution >= 0.6 is 0 Å². The first kappa shape index (κ1) is 109. The van der Waals surface area contributed by atoms with Crippen LogP contribution in [0.4, 0.5) is 0 Å². The van der Waals surface area contributed by atoms with Crippen molar-refractivity contribution in [1.29, 1.82) is 0 Å². The van der Waals surface area contributed by atoms with Crippen LogP contribution < -0.4 is 4.74 Å². The Morgan fingerprint density at radius 1 is 0.259 bits per heavy atom. The molecule has 28 heteroatoms. The third-order valence-electron chi connectivity index (χ3n) is 20.6. The van der Waals surface area contributed by atoms with E-state index in [4.69, 9.17) is 42.6 Å². The predicted molar refractivity (Wildman–Crippen MR) is 559 cm³/mol. The van der Waals surface area contributed by atoms with Gasteiger partial charge in [0.05, 0.1) is 145 Å². The molecule has 0 aliphatic heterocycles. The highest BCUT2D eigenvalue weighted by Crippen LogP contribution is 2.33. The number of nitrogens with zero attached hydrogens (tertiary/aromatic N) is 8. The van der Waals surface area contributed by atoms with Crippen LogP contribution in [0.15, 0.2) is 266 Å². The minimum absolute atomic E-state index is 0.0207. The van der Waals surface area contributed by atoms with Gasteiger partial charge in [-0.3, -0.25) is 39.9 Å². The maximum absolute atomic E-state index is 12.3. The number of hydrogen-bond acceptors (Lipinski definition) is 27. The van der Waals surface area contributed by atoms with Crippen LogP contribution in [0.2, 0.25) is 0 Å². The molecule has 0 radical (unpaired) electrons. The maximum atomic E-state index is 12.3. The number of hydrogen-bond donors (Lipinski definition) is 0. The Kier molecular flexibility index (Phi) is 38.7. The van der Waals surface area contributed by atoms with Crippen LogP contribution in [0, 0.1) is 34.6 Å². The van der Waals surface area contributed by atoms with Crippen LogP contribution in [-0.4, -0.2) is 158 Å². The van der Waals surface area contributed by atoms with Gasteiger partial charge in [0.1, 0.15) is 10.6 Å². The lowest BCUT2D eigenvalue weighted by Gasteiger charge is -2.12. The Morgan fingerprint density at radius 2 is 0.608 bits per heavy atom. The summed E-state index contributed by atoms with van der Waals surface area (Å²) in [6.07, 6.45) is 8.07. The zero-order valence-corrected chi connectivity index (χ0v) is 85.5. The lowest BCUT2D eigenvalue weighted by atomic mass is 10.0. The molecule has 0 fully saturated rings. The van der Waals surface area contributed by atoms with Crippen molar-refractivity contribution in [2.45, 2.75) is 199 Å². The third kappa shape index (κ3) is 30.5. The van der Waals surface area contributed by atoms with Gasteiger partial charge in [-0.25, -0.2) is 46.8 Å². The molecular formula is C115H120N8O19S. The van der Waals surface area contributed by atoms with Gasteiger partial charge < -0.3 is 42.6 Å². The van der Waals surface area contributed by atoms with E-state index in [9.17, 15) is 46.8 Å². The van der Waals surface area contributed by atoms with Crippen molar-refractivity contribution in [2.24, 2.45) is 0 Å². The number of pyridine rings is 8. The fourth-order valence-electron chi connectivity index (χ4n) is 14.6. The molecular weight excluding hydrogens is 1830 g/mol. The topological polar surface area (TPSA) is 357 Å². The molecule has 17 aromatic rings. The van der Waals surface area contributed by atoms with E-state index in [-0.39, 0.29) is 107 Å². The van der Waals surface area contributed by atoms with E-state index in [1.54, 1.807) is 119 Å². The minimum Gasteiger partial charge on any atom is -0.496 e. The fourth-order valence-corrected chi connectivity index (χ4v) is 15.7. The number of aryl methyl sites for hydroxylation is 5. The minimum atomic E-state index is -3.60. The first-order valence-electron chi connectivity index (χ1n) is 46.7.